The molecule has 1 atom stereocenters. The highest BCUT2D eigenvalue weighted by Gasteiger charge is 2.30. The summed E-state index contributed by atoms with van der Waals surface area (Å²) in [4.78, 5) is 29.7. The molecule has 0 unspecified atom stereocenters. The van der Waals surface area contributed by atoms with Gasteiger partial charge in [-0.25, -0.2) is 9.59 Å². The van der Waals surface area contributed by atoms with Gasteiger partial charge in [-0.05, 0) is 48.1 Å². The first-order chi connectivity index (χ1) is 12.7. The van der Waals surface area contributed by atoms with E-state index in [1.54, 1.807) is 16.2 Å². The summed E-state index contributed by atoms with van der Waals surface area (Å²) in [6.45, 7) is 4.13. The van der Waals surface area contributed by atoms with Gasteiger partial charge in [0.1, 0.15) is 0 Å². The van der Waals surface area contributed by atoms with Gasteiger partial charge >= 0.3 is 12.1 Å². The van der Waals surface area contributed by atoms with Crippen molar-refractivity contribution in [1.82, 2.24) is 10.2 Å². The molecule has 1 saturated heterocycles. The van der Waals surface area contributed by atoms with Crippen LogP contribution in [0.15, 0.2) is 35.7 Å². The van der Waals surface area contributed by atoms with Crippen molar-refractivity contribution in [2.45, 2.75) is 25.8 Å². The third-order valence-electron chi connectivity index (χ3n) is 5.01. The minimum absolute atomic E-state index is 0.0864. The SMILES string of the molecule is CC[C@H]1c2ccsc2CCN1C(=O)Nc1cccc(N2CCNC2=O)c1. The molecular formula is C19H22N4O2S. The molecule has 0 radical (unpaired) electrons. The van der Waals surface area contributed by atoms with Crippen molar-refractivity contribution in [3.05, 3.63) is 46.2 Å². The molecule has 7 heteroatoms. The van der Waals surface area contributed by atoms with Crippen molar-refractivity contribution >= 4 is 34.8 Å². The second-order valence-corrected chi connectivity index (χ2v) is 7.53. The third kappa shape index (κ3) is 3.03. The maximum atomic E-state index is 12.9. The van der Waals surface area contributed by atoms with Crippen LogP contribution in [0.1, 0.15) is 29.8 Å². The zero-order chi connectivity index (χ0) is 18.1. The van der Waals surface area contributed by atoms with E-state index in [2.05, 4.69) is 29.0 Å². The molecule has 0 spiro atoms. The zero-order valence-corrected chi connectivity index (χ0v) is 15.5. The summed E-state index contributed by atoms with van der Waals surface area (Å²) in [6, 6.07) is 9.53. The van der Waals surface area contributed by atoms with E-state index in [0.717, 1.165) is 25.1 Å². The molecule has 2 aromatic rings. The second kappa shape index (κ2) is 6.99. The number of carbonyl (C=O) groups is 2. The number of benzene rings is 1. The topological polar surface area (TPSA) is 64.7 Å². The lowest BCUT2D eigenvalue weighted by Gasteiger charge is -2.35. The predicted octanol–water partition coefficient (Wildman–Crippen LogP) is 3.82. The van der Waals surface area contributed by atoms with Gasteiger partial charge in [0.15, 0.2) is 0 Å². The molecule has 136 valence electrons. The number of nitrogens with one attached hydrogen (secondary N) is 2. The number of urea groups is 2. The predicted molar refractivity (Wildman–Crippen MR) is 104 cm³/mol. The highest BCUT2D eigenvalue weighted by atomic mass is 32.1. The fraction of sp³-hybridized carbons (Fsp3) is 0.368. The van der Waals surface area contributed by atoms with Gasteiger partial charge in [0.05, 0.1) is 6.04 Å². The lowest BCUT2D eigenvalue weighted by Crippen LogP contribution is -2.41. The van der Waals surface area contributed by atoms with Crippen molar-refractivity contribution < 1.29 is 9.59 Å². The van der Waals surface area contributed by atoms with Crippen molar-refractivity contribution in [3.63, 3.8) is 0 Å². The first-order valence-corrected chi connectivity index (χ1v) is 9.84. The van der Waals surface area contributed by atoms with Crippen molar-refractivity contribution in [1.29, 1.82) is 0 Å². The Bertz CT molecular complexity index is 834. The quantitative estimate of drug-likeness (QED) is 0.863. The number of thiophene rings is 1. The van der Waals surface area contributed by atoms with Gasteiger partial charge in [0.25, 0.3) is 0 Å². The van der Waals surface area contributed by atoms with Gasteiger partial charge in [0, 0.05) is 35.9 Å². The molecule has 4 rings (SSSR count). The lowest BCUT2D eigenvalue weighted by molar-refractivity contribution is 0.181. The van der Waals surface area contributed by atoms with Gasteiger partial charge in [-0.15, -0.1) is 11.3 Å². The summed E-state index contributed by atoms with van der Waals surface area (Å²) in [5.74, 6) is 0. The maximum Gasteiger partial charge on any atom is 0.322 e. The van der Waals surface area contributed by atoms with Crippen LogP contribution in [0.5, 0.6) is 0 Å². The van der Waals surface area contributed by atoms with E-state index in [1.807, 2.05) is 29.2 Å². The molecule has 0 saturated carbocycles. The van der Waals surface area contributed by atoms with Gasteiger partial charge in [-0.1, -0.05) is 13.0 Å². The van der Waals surface area contributed by atoms with Crippen LogP contribution in [0.2, 0.25) is 0 Å². The van der Waals surface area contributed by atoms with Gasteiger partial charge in [0.2, 0.25) is 0 Å². The summed E-state index contributed by atoms with van der Waals surface area (Å²) in [5, 5.41) is 7.91. The molecule has 1 aromatic heterocycles. The molecule has 0 aliphatic carbocycles. The Labute approximate surface area is 156 Å². The molecular weight excluding hydrogens is 348 g/mol. The Morgan fingerprint density at radius 1 is 1.35 bits per heavy atom. The minimum atomic E-state index is -0.0967. The maximum absolute atomic E-state index is 12.9. The first-order valence-electron chi connectivity index (χ1n) is 8.96. The molecule has 6 nitrogen and oxygen atoms in total. The number of fused-ring (bicyclic) bond motifs is 1. The lowest BCUT2D eigenvalue weighted by atomic mass is 9.98. The fourth-order valence-electron chi connectivity index (χ4n) is 3.74. The molecule has 0 bridgehead atoms. The van der Waals surface area contributed by atoms with Crippen LogP contribution in [0.25, 0.3) is 0 Å². The Morgan fingerprint density at radius 2 is 2.23 bits per heavy atom. The highest BCUT2D eigenvalue weighted by Crippen LogP contribution is 2.35. The van der Waals surface area contributed by atoms with E-state index in [-0.39, 0.29) is 18.1 Å². The average Bonchev–Trinajstić information content (AvgIpc) is 3.29. The number of hydrogen-bond acceptors (Lipinski definition) is 3. The van der Waals surface area contributed by atoms with E-state index in [4.69, 9.17) is 0 Å². The number of nitrogens with zero attached hydrogens (tertiary/aromatic N) is 2. The molecule has 2 N–H and O–H groups in total. The van der Waals surface area contributed by atoms with Gasteiger partial charge in [-0.3, -0.25) is 4.90 Å². The number of rotatable bonds is 3. The first kappa shape index (κ1) is 16.9. The normalized spacial score (nSPS) is 19.3. The summed E-state index contributed by atoms with van der Waals surface area (Å²) in [6.07, 6.45) is 1.80. The minimum Gasteiger partial charge on any atom is -0.336 e. The number of carbonyl (C=O) groups excluding carboxylic acids is 2. The summed E-state index contributed by atoms with van der Waals surface area (Å²) in [5.41, 5.74) is 2.78. The fourth-order valence-corrected chi connectivity index (χ4v) is 4.67. The molecule has 1 aromatic carbocycles. The summed E-state index contributed by atoms with van der Waals surface area (Å²) < 4.78 is 0. The van der Waals surface area contributed by atoms with Crippen LogP contribution in [0, 0.1) is 0 Å². The number of amides is 4. The van der Waals surface area contributed by atoms with E-state index in [1.165, 1.54) is 10.4 Å². The Hall–Kier alpha value is -2.54. The number of anilines is 2. The van der Waals surface area contributed by atoms with Crippen LogP contribution < -0.4 is 15.5 Å². The third-order valence-corrected chi connectivity index (χ3v) is 6.00. The van der Waals surface area contributed by atoms with Gasteiger partial charge in [-0.2, -0.15) is 0 Å². The van der Waals surface area contributed by atoms with E-state index < -0.39 is 0 Å². The van der Waals surface area contributed by atoms with E-state index >= 15 is 0 Å². The highest BCUT2D eigenvalue weighted by molar-refractivity contribution is 7.10. The number of hydrogen-bond donors (Lipinski definition) is 2. The molecule has 4 amide bonds. The van der Waals surface area contributed by atoms with Crippen LogP contribution >= 0.6 is 11.3 Å². The standard InChI is InChI=1S/C19H22N4O2S/c1-2-16-15-7-11-26-17(15)6-9-23(16)19(25)21-13-4-3-5-14(12-13)22-10-8-20-18(22)24/h3-5,7,11-12,16H,2,6,8-10H2,1H3,(H,20,24)(H,21,25)/t16-/m0/s1. The monoisotopic (exact) mass is 370 g/mol. The van der Waals surface area contributed by atoms with E-state index in [0.29, 0.717) is 18.8 Å². The summed E-state index contributed by atoms with van der Waals surface area (Å²) in [7, 11) is 0. The Balaban J connectivity index is 1.51. The smallest absolute Gasteiger partial charge is 0.322 e. The molecule has 3 heterocycles. The van der Waals surface area contributed by atoms with Crippen molar-refractivity contribution in [2.24, 2.45) is 0 Å². The van der Waals surface area contributed by atoms with Crippen LogP contribution in [0.3, 0.4) is 0 Å². The van der Waals surface area contributed by atoms with Gasteiger partial charge < -0.3 is 15.5 Å². The zero-order valence-electron chi connectivity index (χ0n) is 14.7. The second-order valence-electron chi connectivity index (χ2n) is 6.53. The Kier molecular flexibility index (Phi) is 4.55. The average molecular weight is 370 g/mol. The van der Waals surface area contributed by atoms with Crippen LogP contribution in [0.4, 0.5) is 21.0 Å². The van der Waals surface area contributed by atoms with E-state index in [9.17, 15) is 9.59 Å². The molecule has 1 fully saturated rings. The Morgan fingerprint density at radius 3 is 3.00 bits per heavy atom. The largest absolute Gasteiger partial charge is 0.336 e. The molecule has 2 aliphatic rings. The molecule has 2 aliphatic heterocycles. The summed E-state index contributed by atoms with van der Waals surface area (Å²) >= 11 is 1.78. The van der Waals surface area contributed by atoms with Crippen LogP contribution in [-0.4, -0.2) is 36.6 Å². The van der Waals surface area contributed by atoms with Crippen molar-refractivity contribution in [3.8, 4) is 0 Å². The van der Waals surface area contributed by atoms with Crippen molar-refractivity contribution in [2.75, 3.05) is 29.9 Å². The van der Waals surface area contributed by atoms with Crippen LogP contribution in [-0.2, 0) is 6.42 Å². The molecule has 26 heavy (non-hydrogen) atoms.